The third-order valence-corrected chi connectivity index (χ3v) is 4.53. The topological polar surface area (TPSA) is 75.4 Å². The lowest BCUT2D eigenvalue weighted by Crippen LogP contribution is -2.44. The molecule has 1 atom stereocenters. The Kier molecular flexibility index (Phi) is 4.28. The number of aromatic nitrogens is 4. The Morgan fingerprint density at radius 1 is 1.16 bits per heavy atom. The molecule has 0 bridgehead atoms. The van der Waals surface area contributed by atoms with Crippen LogP contribution in [0.1, 0.15) is 18.5 Å². The van der Waals surface area contributed by atoms with E-state index in [1.807, 2.05) is 30.3 Å². The molecule has 1 aliphatic heterocycles. The minimum Gasteiger partial charge on any atom is -0.354 e. The number of hydrogen-bond donors (Lipinski definition) is 1. The van der Waals surface area contributed by atoms with Crippen LogP contribution in [-0.4, -0.2) is 44.6 Å². The number of nitrogens with zero attached hydrogens (tertiary/aromatic N) is 5. The maximum absolute atomic E-state index is 12.7. The van der Waals surface area contributed by atoms with Crippen LogP contribution in [0, 0.1) is 0 Å². The van der Waals surface area contributed by atoms with Gasteiger partial charge >= 0.3 is 0 Å². The molecule has 1 saturated heterocycles. The molecule has 7 heteroatoms. The summed E-state index contributed by atoms with van der Waals surface area (Å²) in [6.07, 6.45) is 7.83. The van der Waals surface area contributed by atoms with Gasteiger partial charge in [0.25, 0.3) is 0 Å². The number of nitrogens with one attached hydrogen (secondary N) is 1. The summed E-state index contributed by atoms with van der Waals surface area (Å²) in [6, 6.07) is 9.43. The normalized spacial score (nSPS) is 17.1. The first kappa shape index (κ1) is 15.6. The fourth-order valence-electron chi connectivity index (χ4n) is 3.33. The van der Waals surface area contributed by atoms with Gasteiger partial charge in [-0.25, -0.2) is 4.98 Å². The van der Waals surface area contributed by atoms with Crippen molar-refractivity contribution in [1.82, 2.24) is 24.9 Å². The summed E-state index contributed by atoms with van der Waals surface area (Å²) in [7, 11) is 0. The first-order valence-electron chi connectivity index (χ1n) is 8.56. The Hall–Kier alpha value is -2.96. The maximum atomic E-state index is 12.7. The Morgan fingerprint density at radius 2 is 2.12 bits per heavy atom. The van der Waals surface area contributed by atoms with Crippen LogP contribution in [0.15, 0.2) is 48.9 Å². The summed E-state index contributed by atoms with van der Waals surface area (Å²) < 4.78 is 1.79. The lowest BCUT2D eigenvalue weighted by molar-refractivity contribution is -0.122. The molecule has 3 aromatic heterocycles. The second kappa shape index (κ2) is 6.88. The molecule has 7 nitrogen and oxygen atoms in total. The zero-order valence-corrected chi connectivity index (χ0v) is 13.9. The predicted octanol–water partition coefficient (Wildman–Crippen LogP) is 1.45. The van der Waals surface area contributed by atoms with Gasteiger partial charge in [-0.1, -0.05) is 6.07 Å². The second-order valence-corrected chi connectivity index (χ2v) is 6.12. The van der Waals surface area contributed by atoms with Gasteiger partial charge in [0.2, 0.25) is 5.91 Å². The molecule has 25 heavy (non-hydrogen) atoms. The van der Waals surface area contributed by atoms with Gasteiger partial charge in [0.1, 0.15) is 11.9 Å². The minimum absolute atomic E-state index is 0.0607. The third kappa shape index (κ3) is 3.17. The summed E-state index contributed by atoms with van der Waals surface area (Å²) in [5, 5.41) is 7.38. The number of rotatable bonds is 5. The molecule has 0 unspecified atom stereocenters. The van der Waals surface area contributed by atoms with Crippen molar-refractivity contribution in [3.63, 3.8) is 0 Å². The molecule has 1 N–H and O–H groups in total. The Labute approximate surface area is 145 Å². The number of carbonyl (C=O) groups excluding carboxylic acids is 1. The maximum Gasteiger partial charge on any atom is 0.242 e. The van der Waals surface area contributed by atoms with Gasteiger partial charge in [0.15, 0.2) is 5.65 Å². The lowest BCUT2D eigenvalue weighted by Gasteiger charge is -2.26. The smallest absolute Gasteiger partial charge is 0.242 e. The van der Waals surface area contributed by atoms with E-state index >= 15 is 0 Å². The highest BCUT2D eigenvalue weighted by molar-refractivity contribution is 5.85. The molecule has 128 valence electrons. The molecule has 0 saturated carbocycles. The van der Waals surface area contributed by atoms with Crippen LogP contribution in [-0.2, 0) is 11.2 Å². The molecule has 0 radical (unpaired) electrons. The molecule has 0 aliphatic carbocycles. The van der Waals surface area contributed by atoms with Gasteiger partial charge < -0.3 is 10.2 Å². The van der Waals surface area contributed by atoms with Crippen LogP contribution < -0.4 is 10.2 Å². The van der Waals surface area contributed by atoms with Crippen molar-refractivity contribution >= 4 is 17.4 Å². The number of carbonyl (C=O) groups is 1. The first-order chi connectivity index (χ1) is 12.3. The minimum atomic E-state index is -0.168. The van der Waals surface area contributed by atoms with Gasteiger partial charge in [-0.2, -0.15) is 9.61 Å². The van der Waals surface area contributed by atoms with Crippen molar-refractivity contribution < 1.29 is 4.79 Å². The second-order valence-electron chi connectivity index (χ2n) is 6.12. The van der Waals surface area contributed by atoms with Crippen LogP contribution in [0.5, 0.6) is 0 Å². The van der Waals surface area contributed by atoms with E-state index in [2.05, 4.69) is 25.3 Å². The molecular formula is C18H20N6O. The van der Waals surface area contributed by atoms with E-state index in [0.29, 0.717) is 6.54 Å². The Balaban J connectivity index is 1.44. The summed E-state index contributed by atoms with van der Waals surface area (Å²) in [6.45, 7) is 1.44. The summed E-state index contributed by atoms with van der Waals surface area (Å²) in [4.78, 5) is 23.4. The number of hydrogen-bond acceptors (Lipinski definition) is 5. The number of amides is 1. The summed E-state index contributed by atoms with van der Waals surface area (Å²) >= 11 is 0. The molecule has 0 aromatic carbocycles. The molecule has 0 spiro atoms. The van der Waals surface area contributed by atoms with E-state index < -0.39 is 0 Å². The van der Waals surface area contributed by atoms with Crippen LogP contribution in [0.25, 0.3) is 5.65 Å². The Morgan fingerprint density at radius 3 is 3.00 bits per heavy atom. The molecular weight excluding hydrogens is 316 g/mol. The molecule has 4 heterocycles. The highest BCUT2D eigenvalue weighted by Crippen LogP contribution is 2.25. The first-order valence-corrected chi connectivity index (χ1v) is 8.56. The monoisotopic (exact) mass is 336 g/mol. The van der Waals surface area contributed by atoms with Crippen molar-refractivity contribution in [1.29, 1.82) is 0 Å². The van der Waals surface area contributed by atoms with E-state index in [0.717, 1.165) is 43.0 Å². The Bertz CT molecular complexity index is 862. The van der Waals surface area contributed by atoms with Gasteiger partial charge in [-0.3, -0.25) is 9.78 Å². The van der Waals surface area contributed by atoms with Crippen molar-refractivity contribution in [2.24, 2.45) is 0 Å². The molecule has 3 aromatic rings. The van der Waals surface area contributed by atoms with Gasteiger partial charge in [-0.15, -0.1) is 0 Å². The van der Waals surface area contributed by atoms with E-state index in [1.165, 1.54) is 0 Å². The van der Waals surface area contributed by atoms with Crippen molar-refractivity contribution in [2.45, 2.75) is 25.3 Å². The summed E-state index contributed by atoms with van der Waals surface area (Å²) in [5.41, 5.74) is 1.78. The van der Waals surface area contributed by atoms with Crippen LogP contribution in [0.4, 0.5) is 5.82 Å². The average molecular weight is 336 g/mol. The van der Waals surface area contributed by atoms with Gasteiger partial charge in [-0.05, 0) is 31.0 Å². The zero-order chi connectivity index (χ0) is 17.1. The number of anilines is 1. The fraction of sp³-hybridized carbons (Fsp3) is 0.333. The van der Waals surface area contributed by atoms with E-state index in [1.54, 1.807) is 23.1 Å². The number of fused-ring (bicyclic) bond motifs is 1. The van der Waals surface area contributed by atoms with Gasteiger partial charge in [0, 0.05) is 43.7 Å². The van der Waals surface area contributed by atoms with Crippen molar-refractivity contribution in [2.75, 3.05) is 18.0 Å². The van der Waals surface area contributed by atoms with Crippen molar-refractivity contribution in [3.8, 4) is 0 Å². The highest BCUT2D eigenvalue weighted by atomic mass is 16.2. The van der Waals surface area contributed by atoms with Gasteiger partial charge in [0.05, 0.1) is 6.20 Å². The zero-order valence-electron chi connectivity index (χ0n) is 13.9. The predicted molar refractivity (Wildman–Crippen MR) is 94.3 cm³/mol. The molecule has 1 amide bonds. The molecule has 4 rings (SSSR count). The average Bonchev–Trinajstić information content (AvgIpc) is 3.31. The molecule has 1 aliphatic rings. The SMILES string of the molecule is O=C(NCCc1ccccn1)[C@@H]1CCCN1c1ccnc2ccnn12. The third-order valence-electron chi connectivity index (χ3n) is 4.53. The summed E-state index contributed by atoms with van der Waals surface area (Å²) in [5.74, 6) is 0.975. The highest BCUT2D eigenvalue weighted by Gasteiger charge is 2.32. The van der Waals surface area contributed by atoms with E-state index in [9.17, 15) is 4.79 Å². The standard InChI is InChI=1S/C18H20N6O/c25-18(21-10-6-14-4-1-2-9-19-14)15-5-3-13-23(15)17-8-11-20-16-7-12-22-24(16)17/h1-2,4,7-9,11-12,15H,3,5-6,10,13H2,(H,21,25)/t15-/m0/s1. The lowest BCUT2D eigenvalue weighted by atomic mass is 10.2. The fourth-order valence-corrected chi connectivity index (χ4v) is 3.33. The van der Waals surface area contributed by atoms with Crippen molar-refractivity contribution in [3.05, 3.63) is 54.6 Å². The number of pyridine rings is 1. The largest absolute Gasteiger partial charge is 0.354 e. The van der Waals surface area contributed by atoms with Crippen LogP contribution in [0.3, 0.4) is 0 Å². The quantitative estimate of drug-likeness (QED) is 0.763. The van der Waals surface area contributed by atoms with Crippen LogP contribution >= 0.6 is 0 Å². The van der Waals surface area contributed by atoms with E-state index in [4.69, 9.17) is 0 Å². The van der Waals surface area contributed by atoms with E-state index in [-0.39, 0.29) is 11.9 Å². The van der Waals surface area contributed by atoms with Crippen LogP contribution in [0.2, 0.25) is 0 Å². The molecule has 1 fully saturated rings.